The molecule has 1 atom stereocenters. The predicted molar refractivity (Wildman–Crippen MR) is 58.4 cm³/mol. The maximum atomic E-state index is 12.2. The third-order valence-electron chi connectivity index (χ3n) is 3.57. The highest BCUT2D eigenvalue weighted by Crippen LogP contribution is 2.31. The van der Waals surface area contributed by atoms with Crippen LogP contribution in [0.1, 0.15) is 30.2 Å². The van der Waals surface area contributed by atoms with E-state index >= 15 is 0 Å². The van der Waals surface area contributed by atoms with Crippen LogP contribution >= 0.6 is 0 Å². The molecule has 0 amide bonds. The van der Waals surface area contributed by atoms with Crippen molar-refractivity contribution in [1.29, 1.82) is 0 Å². The lowest BCUT2D eigenvalue weighted by molar-refractivity contribution is -0.169. The van der Waals surface area contributed by atoms with Crippen LogP contribution in [-0.2, 0) is 34.7 Å². The molecule has 0 radical (unpaired) electrons. The van der Waals surface area contributed by atoms with Gasteiger partial charge >= 0.3 is 5.97 Å². The van der Waals surface area contributed by atoms with Crippen molar-refractivity contribution in [3.8, 4) is 0 Å². The van der Waals surface area contributed by atoms with Crippen LogP contribution in [-0.4, -0.2) is 15.6 Å². The Morgan fingerprint density at radius 3 is 3.00 bits per heavy atom. The highest BCUT2D eigenvalue weighted by atomic mass is 16.6. The van der Waals surface area contributed by atoms with E-state index < -0.39 is 11.6 Å². The van der Waals surface area contributed by atoms with Crippen LogP contribution in [0.2, 0.25) is 0 Å². The summed E-state index contributed by atoms with van der Waals surface area (Å²) >= 11 is 0. The van der Waals surface area contributed by atoms with E-state index in [1.165, 1.54) is 6.92 Å². The Kier molecular flexibility index (Phi) is 1.98. The Labute approximate surface area is 97.6 Å². The second kappa shape index (κ2) is 3.20. The first-order chi connectivity index (χ1) is 8.01. The molecule has 90 valence electrons. The van der Waals surface area contributed by atoms with Crippen molar-refractivity contribution in [3.05, 3.63) is 33.2 Å². The number of nitrogens with zero attached hydrogens (tertiary/aromatic N) is 1. The second-order valence-electron chi connectivity index (χ2n) is 4.74. The fraction of sp³-hybridized carbons (Fsp3) is 0.500. The zero-order valence-electron chi connectivity index (χ0n) is 9.52. The molecule has 0 saturated heterocycles. The number of carbonyl (C=O) groups is 1. The van der Waals surface area contributed by atoms with Gasteiger partial charge in [0.1, 0.15) is 6.61 Å². The monoisotopic (exact) mass is 235 g/mol. The Hall–Kier alpha value is -1.62. The van der Waals surface area contributed by atoms with Crippen LogP contribution in [0.4, 0.5) is 0 Å². The van der Waals surface area contributed by atoms with Gasteiger partial charge in [0.05, 0.1) is 5.56 Å². The van der Waals surface area contributed by atoms with Gasteiger partial charge < -0.3 is 14.4 Å². The Balaban J connectivity index is 2.31. The number of hydrogen-bond donors (Lipinski definition) is 1. The SMILES string of the molecule is C[C@@]1(O)C(=O)OCc2c1cc1n(c2=O)CCC1. The van der Waals surface area contributed by atoms with E-state index in [9.17, 15) is 14.7 Å². The first-order valence-corrected chi connectivity index (χ1v) is 5.67. The highest BCUT2D eigenvalue weighted by molar-refractivity contribution is 5.82. The molecule has 2 aliphatic heterocycles. The summed E-state index contributed by atoms with van der Waals surface area (Å²) in [6.07, 6.45) is 1.74. The summed E-state index contributed by atoms with van der Waals surface area (Å²) in [6.45, 7) is 2.04. The number of esters is 1. The molecule has 0 aromatic carbocycles. The fourth-order valence-corrected chi connectivity index (χ4v) is 2.57. The third-order valence-corrected chi connectivity index (χ3v) is 3.57. The zero-order chi connectivity index (χ0) is 12.2. The van der Waals surface area contributed by atoms with Crippen molar-refractivity contribution in [1.82, 2.24) is 4.57 Å². The molecule has 1 N–H and O–H groups in total. The summed E-state index contributed by atoms with van der Waals surface area (Å²) in [6, 6.07) is 1.77. The van der Waals surface area contributed by atoms with Crippen molar-refractivity contribution in [2.75, 3.05) is 0 Å². The van der Waals surface area contributed by atoms with Gasteiger partial charge in [-0.25, -0.2) is 4.79 Å². The molecular weight excluding hydrogens is 222 g/mol. The topological polar surface area (TPSA) is 68.5 Å². The number of ether oxygens (including phenoxy) is 1. The van der Waals surface area contributed by atoms with Gasteiger partial charge in [0.15, 0.2) is 5.60 Å². The molecule has 5 heteroatoms. The normalized spacial score (nSPS) is 26.4. The van der Waals surface area contributed by atoms with Gasteiger partial charge in [-0.3, -0.25) is 4.79 Å². The lowest BCUT2D eigenvalue weighted by Crippen LogP contribution is -2.42. The van der Waals surface area contributed by atoms with Crippen molar-refractivity contribution in [2.45, 2.75) is 38.5 Å². The molecule has 0 spiro atoms. The van der Waals surface area contributed by atoms with Crippen LogP contribution in [0, 0.1) is 0 Å². The number of pyridine rings is 1. The Morgan fingerprint density at radius 2 is 2.24 bits per heavy atom. The molecule has 3 rings (SSSR count). The largest absolute Gasteiger partial charge is 0.458 e. The molecule has 3 heterocycles. The smallest absolute Gasteiger partial charge is 0.342 e. The number of aliphatic hydroxyl groups is 1. The lowest BCUT2D eigenvalue weighted by Gasteiger charge is -2.29. The van der Waals surface area contributed by atoms with E-state index in [1.54, 1.807) is 10.6 Å². The molecule has 17 heavy (non-hydrogen) atoms. The maximum absolute atomic E-state index is 12.2. The van der Waals surface area contributed by atoms with E-state index in [1.807, 2.05) is 0 Å². The zero-order valence-corrected chi connectivity index (χ0v) is 9.52. The van der Waals surface area contributed by atoms with Gasteiger partial charge in [-0.2, -0.15) is 0 Å². The van der Waals surface area contributed by atoms with Crippen molar-refractivity contribution < 1.29 is 14.6 Å². The van der Waals surface area contributed by atoms with Crippen LogP contribution in [0.3, 0.4) is 0 Å². The second-order valence-corrected chi connectivity index (χ2v) is 4.74. The number of rotatable bonds is 0. The summed E-state index contributed by atoms with van der Waals surface area (Å²) in [5, 5.41) is 10.1. The third kappa shape index (κ3) is 1.29. The van der Waals surface area contributed by atoms with E-state index in [-0.39, 0.29) is 12.2 Å². The number of cyclic esters (lactones) is 1. The number of aromatic nitrogens is 1. The van der Waals surface area contributed by atoms with Crippen LogP contribution in [0.5, 0.6) is 0 Å². The number of aryl methyl sites for hydroxylation is 1. The average molecular weight is 235 g/mol. The minimum absolute atomic E-state index is 0.0383. The summed E-state index contributed by atoms with van der Waals surface area (Å²) < 4.78 is 6.56. The Bertz CT molecular complexity index is 571. The van der Waals surface area contributed by atoms with Crippen LogP contribution in [0.15, 0.2) is 10.9 Å². The van der Waals surface area contributed by atoms with Gasteiger partial charge in [-0.1, -0.05) is 0 Å². The predicted octanol–water partition coefficient (Wildman–Crippen LogP) is 0.0588. The van der Waals surface area contributed by atoms with Crippen molar-refractivity contribution in [3.63, 3.8) is 0 Å². The van der Waals surface area contributed by atoms with Crippen LogP contribution < -0.4 is 5.56 Å². The first kappa shape index (κ1) is 10.5. The maximum Gasteiger partial charge on any atom is 0.342 e. The molecule has 5 nitrogen and oxygen atoms in total. The molecule has 0 aliphatic carbocycles. The minimum atomic E-state index is -1.70. The Morgan fingerprint density at radius 1 is 1.47 bits per heavy atom. The van der Waals surface area contributed by atoms with Gasteiger partial charge in [0.2, 0.25) is 0 Å². The van der Waals surface area contributed by atoms with E-state index in [0.29, 0.717) is 17.7 Å². The first-order valence-electron chi connectivity index (χ1n) is 5.67. The van der Waals surface area contributed by atoms with E-state index in [0.717, 1.165) is 18.5 Å². The molecule has 2 aliphatic rings. The molecule has 0 bridgehead atoms. The molecule has 0 fully saturated rings. The standard InChI is InChI=1S/C12H13NO4/c1-12(16)9-5-7-3-2-4-13(7)10(14)8(9)6-17-11(12)15/h5,16H,2-4,6H2,1H3/t12-/m0/s1. The van der Waals surface area contributed by atoms with Crippen molar-refractivity contribution in [2.24, 2.45) is 0 Å². The van der Waals surface area contributed by atoms with Gasteiger partial charge in [-0.05, 0) is 25.8 Å². The van der Waals surface area contributed by atoms with Gasteiger partial charge in [0.25, 0.3) is 5.56 Å². The molecule has 1 aromatic rings. The van der Waals surface area contributed by atoms with Gasteiger partial charge in [-0.15, -0.1) is 0 Å². The number of fused-ring (bicyclic) bond motifs is 2. The summed E-state index contributed by atoms with van der Waals surface area (Å²) in [7, 11) is 0. The van der Waals surface area contributed by atoms with E-state index in [2.05, 4.69) is 0 Å². The van der Waals surface area contributed by atoms with E-state index in [4.69, 9.17) is 4.74 Å². The number of carbonyl (C=O) groups excluding carboxylic acids is 1. The fourth-order valence-electron chi connectivity index (χ4n) is 2.57. The lowest BCUT2D eigenvalue weighted by atomic mass is 9.90. The average Bonchev–Trinajstić information content (AvgIpc) is 2.73. The molecule has 1 aromatic heterocycles. The summed E-state index contributed by atoms with van der Waals surface area (Å²) in [4.78, 5) is 23.7. The minimum Gasteiger partial charge on any atom is -0.458 e. The van der Waals surface area contributed by atoms with Gasteiger partial charge in [0, 0.05) is 17.8 Å². The molecular formula is C12H13NO4. The molecule has 0 unspecified atom stereocenters. The summed E-state index contributed by atoms with van der Waals surface area (Å²) in [5.41, 5.74) is -0.135. The van der Waals surface area contributed by atoms with Crippen molar-refractivity contribution >= 4 is 5.97 Å². The highest BCUT2D eigenvalue weighted by Gasteiger charge is 2.42. The quantitative estimate of drug-likeness (QED) is 0.645. The number of hydrogen-bond acceptors (Lipinski definition) is 4. The summed E-state index contributed by atoms with van der Waals surface area (Å²) in [5.74, 6) is -0.688. The molecule has 0 saturated carbocycles. The van der Waals surface area contributed by atoms with Crippen LogP contribution in [0.25, 0.3) is 0 Å².